The number of hydrogen-bond donors (Lipinski definition) is 1. The number of aryl methyl sites for hydroxylation is 2. The first-order valence-corrected chi connectivity index (χ1v) is 9.58. The zero-order valence-electron chi connectivity index (χ0n) is 17.9. The average Bonchev–Trinajstić information content (AvgIpc) is 2.76. The first-order valence-electron chi connectivity index (χ1n) is 9.58. The van der Waals surface area contributed by atoms with Gasteiger partial charge < -0.3 is 24.4 Å². The van der Waals surface area contributed by atoms with E-state index < -0.39 is 11.9 Å². The Balaban J connectivity index is 1.86. The lowest BCUT2D eigenvalue weighted by Gasteiger charge is -2.31. The van der Waals surface area contributed by atoms with Crippen molar-refractivity contribution in [2.75, 3.05) is 37.8 Å². The van der Waals surface area contributed by atoms with Crippen LogP contribution in [0.3, 0.4) is 0 Å². The number of nitrogens with one attached hydrogen (secondary N) is 1. The predicted octanol–water partition coefficient (Wildman–Crippen LogP) is 2.95. The molecule has 8 heteroatoms. The molecule has 0 radical (unpaired) electrons. The van der Waals surface area contributed by atoms with Gasteiger partial charge in [0.2, 0.25) is 0 Å². The van der Waals surface area contributed by atoms with Crippen LogP contribution in [0, 0.1) is 13.8 Å². The average molecular weight is 424 g/mol. The fraction of sp³-hybridized carbons (Fsp3) is 0.261. The molecule has 1 aliphatic rings. The molecule has 3 rings (SSSR count). The van der Waals surface area contributed by atoms with Gasteiger partial charge in [0, 0.05) is 16.9 Å². The van der Waals surface area contributed by atoms with Crippen LogP contribution in [-0.4, -0.2) is 45.4 Å². The molecule has 0 atom stereocenters. The highest BCUT2D eigenvalue weighted by molar-refractivity contribution is 6.05. The van der Waals surface area contributed by atoms with Gasteiger partial charge in [-0.3, -0.25) is 4.79 Å². The molecule has 1 N–H and O–H groups in total. The number of nitrogens with zero attached hydrogens (tertiary/aromatic N) is 1. The Morgan fingerprint density at radius 3 is 2.13 bits per heavy atom. The van der Waals surface area contributed by atoms with E-state index in [-0.39, 0.29) is 30.5 Å². The van der Waals surface area contributed by atoms with Crippen molar-refractivity contribution in [2.45, 2.75) is 13.8 Å². The molecular weight excluding hydrogens is 400 g/mol. The number of carbonyl (C=O) groups excluding carboxylic acids is 3. The standard InChI is InChI=1S/C23H24N2O6/c1-14-9-15(2)11-17(10-14)24-21(26)16-5-7-18(8-6-16)25-13-31-12-19(22(27)29-3)20(25)23(28)30-4/h5-11H,12-13H2,1-4H3,(H,24,26). The summed E-state index contributed by atoms with van der Waals surface area (Å²) in [6, 6.07) is 12.4. The minimum atomic E-state index is -0.680. The molecule has 31 heavy (non-hydrogen) atoms. The van der Waals surface area contributed by atoms with Gasteiger partial charge in [-0.2, -0.15) is 0 Å². The molecule has 1 heterocycles. The van der Waals surface area contributed by atoms with Crippen molar-refractivity contribution in [3.8, 4) is 0 Å². The van der Waals surface area contributed by atoms with Gasteiger partial charge in [-0.25, -0.2) is 9.59 Å². The predicted molar refractivity (Wildman–Crippen MR) is 115 cm³/mol. The first kappa shape index (κ1) is 22.0. The minimum Gasteiger partial charge on any atom is -0.466 e. The number of anilines is 2. The zero-order valence-corrected chi connectivity index (χ0v) is 17.9. The zero-order chi connectivity index (χ0) is 22.5. The van der Waals surface area contributed by atoms with Gasteiger partial charge in [0.25, 0.3) is 5.91 Å². The number of carbonyl (C=O) groups is 3. The van der Waals surface area contributed by atoms with Crippen LogP contribution in [0.25, 0.3) is 0 Å². The third-order valence-corrected chi connectivity index (χ3v) is 4.75. The Morgan fingerprint density at radius 2 is 1.55 bits per heavy atom. The highest BCUT2D eigenvalue weighted by Gasteiger charge is 2.32. The van der Waals surface area contributed by atoms with Crippen LogP contribution < -0.4 is 10.2 Å². The minimum absolute atomic E-state index is 0.0407. The Labute approximate surface area is 180 Å². The SMILES string of the molecule is COC(=O)C1=C(C(=O)OC)N(c2ccc(C(=O)Nc3cc(C)cc(C)c3)cc2)COC1. The third kappa shape index (κ3) is 4.92. The number of amides is 1. The molecule has 8 nitrogen and oxygen atoms in total. The summed E-state index contributed by atoms with van der Waals surface area (Å²) in [6.07, 6.45) is 0. The van der Waals surface area contributed by atoms with Crippen molar-refractivity contribution in [2.24, 2.45) is 0 Å². The van der Waals surface area contributed by atoms with Gasteiger partial charge in [0.1, 0.15) is 12.4 Å². The first-order chi connectivity index (χ1) is 14.8. The maximum absolute atomic E-state index is 12.6. The number of rotatable bonds is 5. The van der Waals surface area contributed by atoms with Crippen molar-refractivity contribution < 1.29 is 28.6 Å². The second-order valence-corrected chi connectivity index (χ2v) is 7.09. The Morgan fingerprint density at radius 1 is 0.935 bits per heavy atom. The fourth-order valence-electron chi connectivity index (χ4n) is 3.39. The number of methoxy groups -OCH3 is 2. The van der Waals surface area contributed by atoms with E-state index in [1.807, 2.05) is 32.0 Å². The molecule has 0 saturated carbocycles. The molecule has 1 amide bonds. The topological polar surface area (TPSA) is 94.2 Å². The lowest BCUT2D eigenvalue weighted by atomic mass is 10.1. The Kier molecular flexibility index (Phi) is 6.71. The van der Waals surface area contributed by atoms with Crippen LogP contribution in [0.5, 0.6) is 0 Å². The Hall–Kier alpha value is -3.65. The number of esters is 2. The van der Waals surface area contributed by atoms with Crippen LogP contribution >= 0.6 is 0 Å². The maximum atomic E-state index is 12.6. The maximum Gasteiger partial charge on any atom is 0.355 e. The summed E-state index contributed by atoms with van der Waals surface area (Å²) in [6.45, 7) is 3.91. The van der Waals surface area contributed by atoms with Gasteiger partial charge >= 0.3 is 11.9 Å². The van der Waals surface area contributed by atoms with Crippen molar-refractivity contribution >= 4 is 29.2 Å². The molecule has 0 bridgehead atoms. The summed E-state index contributed by atoms with van der Waals surface area (Å²) in [4.78, 5) is 38.6. The lowest BCUT2D eigenvalue weighted by molar-refractivity contribution is -0.140. The van der Waals surface area contributed by atoms with Gasteiger partial charge in [-0.1, -0.05) is 6.07 Å². The van der Waals surface area contributed by atoms with Crippen LogP contribution in [0.15, 0.2) is 53.7 Å². The monoisotopic (exact) mass is 424 g/mol. The van der Waals surface area contributed by atoms with Crippen LogP contribution in [0.4, 0.5) is 11.4 Å². The smallest absolute Gasteiger partial charge is 0.355 e. The molecule has 162 valence electrons. The molecule has 0 saturated heterocycles. The van der Waals surface area contributed by atoms with Crippen LogP contribution in [0.2, 0.25) is 0 Å². The number of benzene rings is 2. The summed E-state index contributed by atoms with van der Waals surface area (Å²) in [7, 11) is 2.46. The molecule has 0 fully saturated rings. The Bertz CT molecular complexity index is 1020. The molecule has 1 aliphatic heterocycles. The summed E-state index contributed by atoms with van der Waals surface area (Å²) in [5.74, 6) is -1.61. The summed E-state index contributed by atoms with van der Waals surface area (Å²) < 4.78 is 15.1. The van der Waals surface area contributed by atoms with E-state index in [2.05, 4.69) is 5.32 Å². The summed E-state index contributed by atoms with van der Waals surface area (Å²) in [5, 5.41) is 2.88. The van der Waals surface area contributed by atoms with E-state index in [9.17, 15) is 14.4 Å². The molecule has 0 unspecified atom stereocenters. The van der Waals surface area contributed by atoms with Gasteiger partial charge in [0.05, 0.1) is 26.4 Å². The largest absolute Gasteiger partial charge is 0.466 e. The van der Waals surface area contributed by atoms with Crippen molar-refractivity contribution in [3.05, 3.63) is 70.4 Å². The third-order valence-electron chi connectivity index (χ3n) is 4.75. The second kappa shape index (κ2) is 9.44. The molecule has 0 aliphatic carbocycles. The van der Waals surface area contributed by atoms with Crippen molar-refractivity contribution in [1.29, 1.82) is 0 Å². The molecule has 2 aromatic rings. The molecular formula is C23H24N2O6. The van der Waals surface area contributed by atoms with E-state index in [0.29, 0.717) is 11.3 Å². The van der Waals surface area contributed by atoms with E-state index in [1.54, 1.807) is 24.3 Å². The van der Waals surface area contributed by atoms with Crippen LogP contribution in [-0.2, 0) is 23.8 Å². The molecule has 0 aromatic heterocycles. The second-order valence-electron chi connectivity index (χ2n) is 7.09. The fourth-order valence-corrected chi connectivity index (χ4v) is 3.39. The van der Waals surface area contributed by atoms with E-state index in [4.69, 9.17) is 14.2 Å². The lowest BCUT2D eigenvalue weighted by Crippen LogP contribution is -2.38. The molecule has 0 spiro atoms. The van der Waals surface area contributed by atoms with Crippen molar-refractivity contribution in [1.82, 2.24) is 0 Å². The van der Waals surface area contributed by atoms with E-state index in [0.717, 1.165) is 16.8 Å². The van der Waals surface area contributed by atoms with Gasteiger partial charge in [0.15, 0.2) is 0 Å². The van der Waals surface area contributed by atoms with Crippen molar-refractivity contribution in [3.63, 3.8) is 0 Å². The van der Waals surface area contributed by atoms with Gasteiger partial charge in [-0.15, -0.1) is 0 Å². The van der Waals surface area contributed by atoms with Crippen LogP contribution in [0.1, 0.15) is 21.5 Å². The normalized spacial score (nSPS) is 13.6. The highest BCUT2D eigenvalue weighted by Crippen LogP contribution is 2.27. The molecule has 2 aromatic carbocycles. The van der Waals surface area contributed by atoms with E-state index >= 15 is 0 Å². The highest BCUT2D eigenvalue weighted by atomic mass is 16.5. The quantitative estimate of drug-likeness (QED) is 0.738. The number of hydrogen-bond acceptors (Lipinski definition) is 7. The summed E-state index contributed by atoms with van der Waals surface area (Å²) in [5.41, 5.74) is 3.94. The van der Waals surface area contributed by atoms with E-state index in [1.165, 1.54) is 19.1 Å². The summed E-state index contributed by atoms with van der Waals surface area (Å²) >= 11 is 0. The number of ether oxygens (including phenoxy) is 3. The van der Waals surface area contributed by atoms with Gasteiger partial charge in [-0.05, 0) is 61.4 Å².